The van der Waals surface area contributed by atoms with Gasteiger partial charge in [-0.05, 0) is 29.3 Å². The number of nitrogens with zero attached hydrogens (tertiary/aromatic N) is 4. The zero-order chi connectivity index (χ0) is 15.6. The normalized spacial score (nSPS) is 10.8. The Labute approximate surface area is 132 Å². The highest BCUT2D eigenvalue weighted by Crippen LogP contribution is 2.25. The molecule has 6 nitrogen and oxygen atoms in total. The van der Waals surface area contributed by atoms with E-state index in [-0.39, 0.29) is 5.95 Å². The van der Waals surface area contributed by atoms with Gasteiger partial charge in [-0.25, -0.2) is 0 Å². The summed E-state index contributed by atoms with van der Waals surface area (Å²) in [5.41, 5.74) is 8.56. The van der Waals surface area contributed by atoms with Crippen molar-refractivity contribution in [1.29, 1.82) is 0 Å². The Morgan fingerprint density at radius 1 is 0.783 bits per heavy atom. The SMILES string of the molecule is Nc1nnc2ccc(Oc3ccc(-c4ccccc4)cc3)nn12. The minimum atomic E-state index is 0.227. The molecular weight excluding hydrogens is 290 g/mol. The zero-order valence-electron chi connectivity index (χ0n) is 12.1. The van der Waals surface area contributed by atoms with Crippen molar-refractivity contribution in [3.63, 3.8) is 0 Å². The van der Waals surface area contributed by atoms with Crippen molar-refractivity contribution >= 4 is 11.6 Å². The molecule has 0 unspecified atom stereocenters. The summed E-state index contributed by atoms with van der Waals surface area (Å²) < 4.78 is 7.20. The molecule has 0 aliphatic rings. The molecule has 6 heteroatoms. The van der Waals surface area contributed by atoms with Gasteiger partial charge in [0.25, 0.3) is 0 Å². The lowest BCUT2D eigenvalue weighted by Gasteiger charge is -2.06. The summed E-state index contributed by atoms with van der Waals surface area (Å²) in [4.78, 5) is 0. The maximum Gasteiger partial charge on any atom is 0.243 e. The number of ether oxygens (including phenoxy) is 1. The number of aromatic nitrogens is 4. The van der Waals surface area contributed by atoms with Gasteiger partial charge in [0.2, 0.25) is 11.8 Å². The van der Waals surface area contributed by atoms with Crippen molar-refractivity contribution in [1.82, 2.24) is 19.8 Å². The number of benzene rings is 2. The summed E-state index contributed by atoms with van der Waals surface area (Å²) in [6.07, 6.45) is 0. The van der Waals surface area contributed by atoms with E-state index in [4.69, 9.17) is 10.5 Å². The summed E-state index contributed by atoms with van der Waals surface area (Å²) in [5, 5.41) is 11.9. The van der Waals surface area contributed by atoms with Gasteiger partial charge < -0.3 is 10.5 Å². The van der Waals surface area contributed by atoms with Crippen molar-refractivity contribution in [3.05, 3.63) is 66.7 Å². The van der Waals surface area contributed by atoms with Crippen molar-refractivity contribution in [2.45, 2.75) is 0 Å². The summed E-state index contributed by atoms with van der Waals surface area (Å²) in [7, 11) is 0. The van der Waals surface area contributed by atoms with Crippen molar-refractivity contribution in [3.8, 4) is 22.8 Å². The van der Waals surface area contributed by atoms with Gasteiger partial charge in [0.15, 0.2) is 5.65 Å². The first kappa shape index (κ1) is 13.3. The van der Waals surface area contributed by atoms with Gasteiger partial charge in [-0.2, -0.15) is 4.52 Å². The Bertz CT molecular complexity index is 948. The van der Waals surface area contributed by atoms with Crippen LogP contribution in [0.1, 0.15) is 0 Å². The molecule has 0 spiro atoms. The molecule has 4 rings (SSSR count). The monoisotopic (exact) mass is 303 g/mol. The van der Waals surface area contributed by atoms with Crippen molar-refractivity contribution in [2.24, 2.45) is 0 Å². The topological polar surface area (TPSA) is 78.3 Å². The first-order valence-electron chi connectivity index (χ1n) is 7.11. The van der Waals surface area contributed by atoms with Crippen LogP contribution in [0.5, 0.6) is 11.6 Å². The van der Waals surface area contributed by atoms with Crippen LogP contribution in [-0.4, -0.2) is 19.8 Å². The fourth-order valence-corrected chi connectivity index (χ4v) is 2.31. The van der Waals surface area contributed by atoms with Crippen LogP contribution in [0.25, 0.3) is 16.8 Å². The Hall–Kier alpha value is -3.41. The minimum Gasteiger partial charge on any atom is -0.438 e. The number of hydrogen-bond donors (Lipinski definition) is 1. The lowest BCUT2D eigenvalue weighted by Crippen LogP contribution is -1.99. The van der Waals surface area contributed by atoms with Crippen LogP contribution in [0, 0.1) is 0 Å². The van der Waals surface area contributed by atoms with Gasteiger partial charge in [0, 0.05) is 6.07 Å². The van der Waals surface area contributed by atoms with E-state index in [1.54, 1.807) is 12.1 Å². The molecule has 0 atom stereocenters. The number of anilines is 1. The Kier molecular flexibility index (Phi) is 3.12. The smallest absolute Gasteiger partial charge is 0.243 e. The fraction of sp³-hybridized carbons (Fsp3) is 0. The molecule has 0 fully saturated rings. The van der Waals surface area contributed by atoms with E-state index in [1.165, 1.54) is 4.52 Å². The van der Waals surface area contributed by atoms with E-state index in [0.717, 1.165) is 11.1 Å². The Morgan fingerprint density at radius 2 is 1.52 bits per heavy atom. The van der Waals surface area contributed by atoms with Gasteiger partial charge >= 0.3 is 0 Å². The standard InChI is InChI=1S/C17H13N5O/c18-17-20-19-15-10-11-16(21-22(15)17)23-14-8-6-13(7-9-14)12-4-2-1-3-5-12/h1-11H,(H2,18,20). The van der Waals surface area contributed by atoms with Gasteiger partial charge in [0.05, 0.1) is 0 Å². The van der Waals surface area contributed by atoms with Crippen LogP contribution in [-0.2, 0) is 0 Å². The van der Waals surface area contributed by atoms with Crippen LogP contribution in [0.3, 0.4) is 0 Å². The van der Waals surface area contributed by atoms with Crippen molar-refractivity contribution < 1.29 is 4.74 Å². The first-order valence-corrected chi connectivity index (χ1v) is 7.11. The lowest BCUT2D eigenvalue weighted by molar-refractivity contribution is 0.453. The first-order chi connectivity index (χ1) is 11.3. The molecule has 2 N–H and O–H groups in total. The molecule has 4 aromatic rings. The quantitative estimate of drug-likeness (QED) is 0.629. The number of rotatable bonds is 3. The van der Waals surface area contributed by atoms with Crippen LogP contribution in [0.2, 0.25) is 0 Å². The minimum absolute atomic E-state index is 0.227. The molecule has 112 valence electrons. The predicted octanol–water partition coefficient (Wildman–Crippen LogP) is 3.17. The second-order valence-electron chi connectivity index (χ2n) is 4.99. The molecule has 0 aliphatic carbocycles. The van der Waals surface area contributed by atoms with Gasteiger partial charge in [-0.15, -0.1) is 15.3 Å². The van der Waals surface area contributed by atoms with E-state index in [9.17, 15) is 0 Å². The lowest BCUT2D eigenvalue weighted by atomic mass is 10.1. The van der Waals surface area contributed by atoms with Crippen LogP contribution < -0.4 is 10.5 Å². The third-order valence-electron chi connectivity index (χ3n) is 3.45. The van der Waals surface area contributed by atoms with Crippen LogP contribution in [0.15, 0.2) is 66.7 Å². The Balaban J connectivity index is 1.59. The number of nitrogens with two attached hydrogens (primary N) is 1. The molecule has 0 saturated carbocycles. The summed E-state index contributed by atoms with van der Waals surface area (Å²) >= 11 is 0. The summed E-state index contributed by atoms with van der Waals surface area (Å²) in [6, 6.07) is 21.5. The molecule has 0 saturated heterocycles. The molecule has 23 heavy (non-hydrogen) atoms. The largest absolute Gasteiger partial charge is 0.438 e. The zero-order valence-corrected chi connectivity index (χ0v) is 12.1. The highest BCUT2D eigenvalue weighted by molar-refractivity contribution is 5.64. The molecule has 2 aromatic carbocycles. The highest BCUT2D eigenvalue weighted by Gasteiger charge is 2.06. The predicted molar refractivity (Wildman–Crippen MR) is 87.1 cm³/mol. The number of nitrogen functional groups attached to an aromatic ring is 1. The molecule has 2 aromatic heterocycles. The Morgan fingerprint density at radius 3 is 2.30 bits per heavy atom. The number of hydrogen-bond acceptors (Lipinski definition) is 5. The van der Waals surface area contributed by atoms with Gasteiger partial charge in [-0.3, -0.25) is 0 Å². The molecule has 0 radical (unpaired) electrons. The third-order valence-corrected chi connectivity index (χ3v) is 3.45. The maximum atomic E-state index is 5.76. The van der Waals surface area contributed by atoms with Gasteiger partial charge in [-0.1, -0.05) is 42.5 Å². The van der Waals surface area contributed by atoms with E-state index in [1.807, 2.05) is 42.5 Å². The second kappa shape index (κ2) is 5.42. The van der Waals surface area contributed by atoms with Crippen molar-refractivity contribution in [2.75, 3.05) is 5.73 Å². The summed E-state index contributed by atoms with van der Waals surface area (Å²) in [5.74, 6) is 1.35. The molecule has 0 aliphatic heterocycles. The van der Waals surface area contributed by atoms with Crippen LogP contribution in [0.4, 0.5) is 5.95 Å². The average molecular weight is 303 g/mol. The van der Waals surface area contributed by atoms with E-state index >= 15 is 0 Å². The van der Waals surface area contributed by atoms with Gasteiger partial charge in [0.1, 0.15) is 5.75 Å². The highest BCUT2D eigenvalue weighted by atomic mass is 16.5. The van der Waals surface area contributed by atoms with E-state index in [0.29, 0.717) is 17.3 Å². The summed E-state index contributed by atoms with van der Waals surface area (Å²) in [6.45, 7) is 0. The van der Waals surface area contributed by atoms with Crippen LogP contribution >= 0.6 is 0 Å². The average Bonchev–Trinajstić information content (AvgIpc) is 2.97. The maximum absolute atomic E-state index is 5.76. The molecule has 2 heterocycles. The second-order valence-corrected chi connectivity index (χ2v) is 4.99. The molecule has 0 amide bonds. The van der Waals surface area contributed by atoms with E-state index < -0.39 is 0 Å². The third kappa shape index (κ3) is 2.57. The molecule has 0 bridgehead atoms. The van der Waals surface area contributed by atoms with E-state index in [2.05, 4.69) is 27.4 Å². The number of fused-ring (bicyclic) bond motifs is 1. The fourth-order valence-electron chi connectivity index (χ4n) is 2.31. The molecular formula is C17H13N5O.